The van der Waals surface area contributed by atoms with E-state index >= 15 is 0 Å². The fourth-order valence-corrected chi connectivity index (χ4v) is 1.44. The van der Waals surface area contributed by atoms with Crippen molar-refractivity contribution in [2.24, 2.45) is 5.73 Å². The molecule has 1 aromatic rings. The summed E-state index contributed by atoms with van der Waals surface area (Å²) in [5.41, 5.74) is 6.53. The summed E-state index contributed by atoms with van der Waals surface area (Å²) >= 11 is 0. The minimum atomic E-state index is -4.12. The second-order valence-electron chi connectivity index (χ2n) is 3.89. The van der Waals surface area contributed by atoms with E-state index in [9.17, 15) is 13.2 Å². The molecule has 0 unspecified atom stereocenters. The molecule has 96 valence electrons. The second kappa shape index (κ2) is 5.91. The van der Waals surface area contributed by atoms with Gasteiger partial charge >= 0.3 is 6.18 Å². The van der Waals surface area contributed by atoms with Gasteiger partial charge in [0.25, 0.3) is 0 Å². The third-order valence-electron chi connectivity index (χ3n) is 2.27. The summed E-state index contributed by atoms with van der Waals surface area (Å²) in [5.74, 6) is 0.560. The van der Waals surface area contributed by atoms with Crippen molar-refractivity contribution in [2.45, 2.75) is 32.0 Å². The fraction of sp³-hybridized carbons (Fsp3) is 0.500. The normalized spacial score (nSPS) is 13.5. The van der Waals surface area contributed by atoms with Gasteiger partial charge < -0.3 is 10.5 Å². The van der Waals surface area contributed by atoms with Crippen LogP contribution in [0.25, 0.3) is 0 Å². The van der Waals surface area contributed by atoms with Gasteiger partial charge in [0, 0.05) is 18.0 Å². The first-order valence-electron chi connectivity index (χ1n) is 5.44. The third-order valence-corrected chi connectivity index (χ3v) is 2.27. The van der Waals surface area contributed by atoms with Crippen molar-refractivity contribution >= 4 is 0 Å². The van der Waals surface area contributed by atoms with E-state index in [2.05, 4.69) is 0 Å². The molecular weight excluding hydrogens is 231 g/mol. The van der Waals surface area contributed by atoms with E-state index in [0.29, 0.717) is 5.75 Å². The van der Waals surface area contributed by atoms with Crippen LogP contribution in [-0.2, 0) is 0 Å². The van der Waals surface area contributed by atoms with Crippen LogP contribution < -0.4 is 10.5 Å². The molecular formula is C12H16F3NO. The highest BCUT2D eigenvalue weighted by Gasteiger charge is 2.26. The van der Waals surface area contributed by atoms with E-state index in [1.165, 1.54) is 0 Å². The smallest absolute Gasteiger partial charge is 0.389 e. The Morgan fingerprint density at radius 1 is 1.29 bits per heavy atom. The van der Waals surface area contributed by atoms with Crippen LogP contribution in [0.3, 0.4) is 0 Å². The number of nitrogens with two attached hydrogens (primary N) is 1. The van der Waals surface area contributed by atoms with Gasteiger partial charge in [-0.25, -0.2) is 0 Å². The van der Waals surface area contributed by atoms with Gasteiger partial charge in [0.1, 0.15) is 5.75 Å². The van der Waals surface area contributed by atoms with Gasteiger partial charge in [0.2, 0.25) is 0 Å². The average Bonchev–Trinajstić information content (AvgIpc) is 2.23. The molecule has 0 radical (unpaired) electrons. The third kappa shape index (κ3) is 5.08. The van der Waals surface area contributed by atoms with Crippen LogP contribution in [0, 0.1) is 0 Å². The Balaban J connectivity index is 2.47. The van der Waals surface area contributed by atoms with Crippen molar-refractivity contribution in [2.75, 3.05) is 6.61 Å². The zero-order valence-corrected chi connectivity index (χ0v) is 9.63. The Labute approximate surface area is 98.6 Å². The molecule has 0 heterocycles. The maximum Gasteiger partial charge on any atom is 0.389 e. The molecule has 2 N–H and O–H groups in total. The van der Waals surface area contributed by atoms with E-state index in [4.69, 9.17) is 10.5 Å². The number of hydrogen-bond donors (Lipinski definition) is 1. The Hall–Kier alpha value is -1.23. The summed E-state index contributed by atoms with van der Waals surface area (Å²) in [6, 6.07) is 6.91. The standard InChI is InChI=1S/C12H16F3NO/c1-9(16)10-5-2-3-6-11(10)17-8-4-7-12(13,14)15/h2-3,5-6,9H,4,7-8,16H2,1H3/t9-/m0/s1. The fourth-order valence-electron chi connectivity index (χ4n) is 1.44. The van der Waals surface area contributed by atoms with Crippen LogP contribution in [0.15, 0.2) is 24.3 Å². The van der Waals surface area contributed by atoms with Crippen LogP contribution in [-0.4, -0.2) is 12.8 Å². The maximum atomic E-state index is 11.9. The zero-order chi connectivity index (χ0) is 12.9. The molecule has 2 nitrogen and oxygen atoms in total. The van der Waals surface area contributed by atoms with Crippen molar-refractivity contribution in [1.82, 2.24) is 0 Å². The molecule has 0 amide bonds. The summed E-state index contributed by atoms with van der Waals surface area (Å²) in [6.07, 6.45) is -4.99. The lowest BCUT2D eigenvalue weighted by atomic mass is 10.1. The molecule has 1 aromatic carbocycles. The van der Waals surface area contributed by atoms with E-state index in [0.717, 1.165) is 5.56 Å². The number of benzene rings is 1. The molecule has 0 aliphatic rings. The molecule has 0 saturated heterocycles. The maximum absolute atomic E-state index is 11.9. The molecule has 17 heavy (non-hydrogen) atoms. The van der Waals surface area contributed by atoms with Gasteiger partial charge in [0.05, 0.1) is 6.61 Å². The number of ether oxygens (including phenoxy) is 1. The molecule has 1 rings (SSSR count). The molecule has 0 aliphatic carbocycles. The number of rotatable bonds is 5. The second-order valence-corrected chi connectivity index (χ2v) is 3.89. The Morgan fingerprint density at radius 2 is 1.94 bits per heavy atom. The van der Waals surface area contributed by atoms with E-state index in [-0.39, 0.29) is 19.1 Å². The lowest BCUT2D eigenvalue weighted by Gasteiger charge is -2.14. The van der Waals surface area contributed by atoms with Crippen molar-refractivity contribution in [3.8, 4) is 5.75 Å². The topological polar surface area (TPSA) is 35.2 Å². The number of para-hydroxylation sites is 1. The number of halogens is 3. The van der Waals surface area contributed by atoms with Crippen LogP contribution in [0.2, 0.25) is 0 Å². The molecule has 0 saturated carbocycles. The van der Waals surface area contributed by atoms with Gasteiger partial charge in [-0.05, 0) is 19.4 Å². The summed E-state index contributed by atoms with van der Waals surface area (Å²) < 4.78 is 41.1. The molecule has 0 aliphatic heterocycles. The summed E-state index contributed by atoms with van der Waals surface area (Å²) in [6.45, 7) is 1.85. The largest absolute Gasteiger partial charge is 0.493 e. The molecule has 0 bridgehead atoms. The van der Waals surface area contributed by atoms with Crippen molar-refractivity contribution in [1.29, 1.82) is 0 Å². The first kappa shape index (κ1) is 13.8. The monoisotopic (exact) mass is 247 g/mol. The van der Waals surface area contributed by atoms with Gasteiger partial charge in [0.15, 0.2) is 0 Å². The zero-order valence-electron chi connectivity index (χ0n) is 9.63. The minimum Gasteiger partial charge on any atom is -0.493 e. The van der Waals surface area contributed by atoms with Gasteiger partial charge in [-0.3, -0.25) is 0 Å². The van der Waals surface area contributed by atoms with Crippen LogP contribution in [0.5, 0.6) is 5.75 Å². The minimum absolute atomic E-state index is 0.0449. The molecule has 0 fully saturated rings. The first-order valence-corrected chi connectivity index (χ1v) is 5.44. The molecule has 0 spiro atoms. The van der Waals surface area contributed by atoms with Gasteiger partial charge in [-0.2, -0.15) is 13.2 Å². The van der Waals surface area contributed by atoms with Gasteiger partial charge in [-0.1, -0.05) is 18.2 Å². The van der Waals surface area contributed by atoms with E-state index in [1.54, 1.807) is 19.1 Å². The Morgan fingerprint density at radius 3 is 2.53 bits per heavy atom. The van der Waals surface area contributed by atoms with Crippen molar-refractivity contribution in [3.63, 3.8) is 0 Å². The Bertz CT molecular complexity index is 350. The van der Waals surface area contributed by atoms with Crippen molar-refractivity contribution < 1.29 is 17.9 Å². The van der Waals surface area contributed by atoms with E-state index < -0.39 is 12.6 Å². The molecule has 5 heteroatoms. The van der Waals surface area contributed by atoms with Crippen LogP contribution >= 0.6 is 0 Å². The van der Waals surface area contributed by atoms with Crippen LogP contribution in [0.4, 0.5) is 13.2 Å². The number of alkyl halides is 3. The summed E-state index contributed by atoms with van der Waals surface area (Å²) in [7, 11) is 0. The first-order chi connectivity index (χ1) is 7.90. The highest BCUT2D eigenvalue weighted by atomic mass is 19.4. The Kier molecular flexibility index (Phi) is 4.81. The lowest BCUT2D eigenvalue weighted by Crippen LogP contribution is -2.11. The summed E-state index contributed by atoms with van der Waals surface area (Å²) in [4.78, 5) is 0. The molecule has 0 aromatic heterocycles. The lowest BCUT2D eigenvalue weighted by molar-refractivity contribution is -0.136. The SMILES string of the molecule is C[C@H](N)c1ccccc1OCCCC(F)(F)F. The highest BCUT2D eigenvalue weighted by molar-refractivity contribution is 5.35. The quantitative estimate of drug-likeness (QED) is 0.809. The predicted molar refractivity (Wildman–Crippen MR) is 59.8 cm³/mol. The summed E-state index contributed by atoms with van der Waals surface area (Å²) in [5, 5.41) is 0. The van der Waals surface area contributed by atoms with E-state index in [1.807, 2.05) is 12.1 Å². The predicted octanol–water partition coefficient (Wildman–Crippen LogP) is 3.43. The highest BCUT2D eigenvalue weighted by Crippen LogP contribution is 2.25. The van der Waals surface area contributed by atoms with Crippen molar-refractivity contribution in [3.05, 3.63) is 29.8 Å². The van der Waals surface area contributed by atoms with Crippen LogP contribution in [0.1, 0.15) is 31.4 Å². The van der Waals surface area contributed by atoms with Gasteiger partial charge in [-0.15, -0.1) is 0 Å². The number of hydrogen-bond acceptors (Lipinski definition) is 2. The average molecular weight is 247 g/mol. The molecule has 1 atom stereocenters.